The maximum atomic E-state index is 11.5. The van der Waals surface area contributed by atoms with Gasteiger partial charge in [-0.2, -0.15) is 0 Å². The minimum Gasteiger partial charge on any atom is -0.478 e. The zero-order valence-electron chi connectivity index (χ0n) is 11.6. The standard InChI is InChI=1S/C19H16O2/c20-19(21)17-12-11-16(14-7-3-1-4-8-14)13-18(17)15-9-5-2-6-10-15/h1-12,18H,13H2,(H,20,21). The number of hydrogen-bond donors (Lipinski definition) is 1. The van der Waals surface area contributed by atoms with Gasteiger partial charge in [0, 0.05) is 11.5 Å². The third-order valence-corrected chi connectivity index (χ3v) is 3.86. The summed E-state index contributed by atoms with van der Waals surface area (Å²) in [5.74, 6) is -0.934. The number of carbonyl (C=O) groups is 1. The highest BCUT2D eigenvalue weighted by Gasteiger charge is 2.26. The quantitative estimate of drug-likeness (QED) is 0.909. The largest absolute Gasteiger partial charge is 0.478 e. The molecule has 0 saturated heterocycles. The molecule has 21 heavy (non-hydrogen) atoms. The summed E-state index contributed by atoms with van der Waals surface area (Å²) in [6, 6.07) is 20.0. The monoisotopic (exact) mass is 276 g/mol. The molecule has 0 saturated carbocycles. The van der Waals surface area contributed by atoms with E-state index < -0.39 is 5.97 Å². The first-order valence-corrected chi connectivity index (χ1v) is 7.00. The van der Waals surface area contributed by atoms with Crippen molar-refractivity contribution in [3.63, 3.8) is 0 Å². The Hall–Kier alpha value is -2.61. The Labute approximate surface area is 124 Å². The number of hydrogen-bond acceptors (Lipinski definition) is 1. The van der Waals surface area contributed by atoms with Crippen molar-refractivity contribution < 1.29 is 9.90 Å². The second kappa shape index (κ2) is 5.80. The highest BCUT2D eigenvalue weighted by Crippen LogP contribution is 2.38. The van der Waals surface area contributed by atoms with Gasteiger partial charge < -0.3 is 5.11 Å². The van der Waals surface area contributed by atoms with Crippen LogP contribution in [0.1, 0.15) is 23.5 Å². The summed E-state index contributed by atoms with van der Waals surface area (Å²) in [7, 11) is 0. The van der Waals surface area contributed by atoms with Gasteiger partial charge in [0.1, 0.15) is 0 Å². The Balaban J connectivity index is 2.00. The lowest BCUT2D eigenvalue weighted by atomic mass is 9.80. The molecule has 104 valence electrons. The molecule has 2 nitrogen and oxygen atoms in total. The van der Waals surface area contributed by atoms with Crippen molar-refractivity contribution in [3.8, 4) is 0 Å². The van der Waals surface area contributed by atoms with Crippen LogP contribution in [0.4, 0.5) is 0 Å². The van der Waals surface area contributed by atoms with Crippen LogP contribution >= 0.6 is 0 Å². The Morgan fingerprint density at radius 3 is 2.14 bits per heavy atom. The van der Waals surface area contributed by atoms with Gasteiger partial charge in [-0.1, -0.05) is 72.8 Å². The highest BCUT2D eigenvalue weighted by atomic mass is 16.4. The van der Waals surface area contributed by atoms with Crippen LogP contribution in [0.2, 0.25) is 0 Å². The van der Waals surface area contributed by atoms with Crippen LogP contribution in [0.25, 0.3) is 5.57 Å². The number of benzene rings is 2. The fraction of sp³-hybridized carbons (Fsp3) is 0.105. The molecule has 1 atom stereocenters. The number of carboxylic acid groups (broad SMARTS) is 1. The Morgan fingerprint density at radius 2 is 1.52 bits per heavy atom. The summed E-state index contributed by atoms with van der Waals surface area (Å²) < 4.78 is 0. The minimum atomic E-state index is -0.841. The molecule has 0 radical (unpaired) electrons. The van der Waals surface area contributed by atoms with Crippen LogP contribution in [0.5, 0.6) is 0 Å². The lowest BCUT2D eigenvalue weighted by Gasteiger charge is -2.23. The van der Waals surface area contributed by atoms with E-state index in [1.54, 1.807) is 6.08 Å². The number of rotatable bonds is 3. The van der Waals surface area contributed by atoms with Crippen LogP contribution in [0, 0.1) is 0 Å². The number of allylic oxidation sites excluding steroid dienone is 3. The Kier molecular flexibility index (Phi) is 3.69. The molecule has 1 N–H and O–H groups in total. The fourth-order valence-corrected chi connectivity index (χ4v) is 2.77. The fourth-order valence-electron chi connectivity index (χ4n) is 2.77. The molecule has 1 unspecified atom stereocenters. The van der Waals surface area contributed by atoms with E-state index in [1.165, 1.54) is 5.57 Å². The molecule has 0 aromatic heterocycles. The number of carboxylic acids is 1. The first-order chi connectivity index (χ1) is 10.3. The average molecular weight is 276 g/mol. The normalized spacial score (nSPS) is 17.8. The topological polar surface area (TPSA) is 37.3 Å². The molecule has 0 bridgehead atoms. The smallest absolute Gasteiger partial charge is 0.332 e. The first kappa shape index (κ1) is 13.4. The summed E-state index contributed by atoms with van der Waals surface area (Å²) in [6.45, 7) is 0. The third kappa shape index (κ3) is 2.79. The molecule has 0 spiro atoms. The molecule has 2 aromatic carbocycles. The SMILES string of the molecule is O=C(O)C1=CC=C(c2ccccc2)CC1c1ccccc1. The molecular weight excluding hydrogens is 260 g/mol. The molecule has 1 aliphatic carbocycles. The van der Waals surface area contributed by atoms with Crippen molar-refractivity contribution in [1.82, 2.24) is 0 Å². The van der Waals surface area contributed by atoms with Crippen LogP contribution in [-0.2, 0) is 4.79 Å². The Morgan fingerprint density at radius 1 is 0.905 bits per heavy atom. The van der Waals surface area contributed by atoms with Gasteiger partial charge in [-0.3, -0.25) is 0 Å². The summed E-state index contributed by atoms with van der Waals surface area (Å²) in [4.78, 5) is 11.5. The van der Waals surface area contributed by atoms with E-state index in [-0.39, 0.29) is 5.92 Å². The molecule has 2 heteroatoms. The molecule has 2 aromatic rings. The minimum absolute atomic E-state index is 0.0936. The second-order valence-electron chi connectivity index (χ2n) is 5.15. The van der Waals surface area contributed by atoms with Gasteiger partial charge in [0.25, 0.3) is 0 Å². The summed E-state index contributed by atoms with van der Waals surface area (Å²) in [5.41, 5.74) is 3.84. The van der Waals surface area contributed by atoms with E-state index in [0.29, 0.717) is 12.0 Å². The van der Waals surface area contributed by atoms with Crippen LogP contribution in [0.3, 0.4) is 0 Å². The molecule has 1 aliphatic rings. The van der Waals surface area contributed by atoms with Crippen molar-refractivity contribution in [1.29, 1.82) is 0 Å². The average Bonchev–Trinajstić information content (AvgIpc) is 2.56. The van der Waals surface area contributed by atoms with E-state index in [1.807, 2.05) is 54.6 Å². The zero-order chi connectivity index (χ0) is 14.7. The molecule has 0 aliphatic heterocycles. The van der Waals surface area contributed by atoms with Crippen molar-refractivity contribution in [2.24, 2.45) is 0 Å². The second-order valence-corrected chi connectivity index (χ2v) is 5.15. The van der Waals surface area contributed by atoms with E-state index in [4.69, 9.17) is 0 Å². The maximum absolute atomic E-state index is 11.5. The van der Waals surface area contributed by atoms with Gasteiger partial charge in [0.15, 0.2) is 0 Å². The van der Waals surface area contributed by atoms with Gasteiger partial charge in [-0.25, -0.2) is 4.79 Å². The lowest BCUT2D eigenvalue weighted by Crippen LogP contribution is -2.14. The van der Waals surface area contributed by atoms with E-state index in [2.05, 4.69) is 12.1 Å². The Bertz CT molecular complexity index is 697. The van der Waals surface area contributed by atoms with E-state index >= 15 is 0 Å². The predicted molar refractivity (Wildman–Crippen MR) is 83.9 cm³/mol. The van der Waals surface area contributed by atoms with Crippen molar-refractivity contribution in [2.75, 3.05) is 0 Å². The molecule has 0 fully saturated rings. The third-order valence-electron chi connectivity index (χ3n) is 3.86. The predicted octanol–water partition coefficient (Wildman–Crippen LogP) is 4.27. The summed E-state index contributed by atoms with van der Waals surface area (Å²) >= 11 is 0. The van der Waals surface area contributed by atoms with Crippen molar-refractivity contribution in [3.05, 3.63) is 89.5 Å². The van der Waals surface area contributed by atoms with Crippen molar-refractivity contribution in [2.45, 2.75) is 12.3 Å². The van der Waals surface area contributed by atoms with Gasteiger partial charge in [0.05, 0.1) is 0 Å². The van der Waals surface area contributed by atoms with Crippen LogP contribution < -0.4 is 0 Å². The molecular formula is C19H16O2. The number of aliphatic carboxylic acids is 1. The maximum Gasteiger partial charge on any atom is 0.332 e. The molecule has 3 rings (SSSR count). The summed E-state index contributed by atoms with van der Waals surface area (Å²) in [6.07, 6.45) is 4.39. The van der Waals surface area contributed by atoms with Gasteiger partial charge in [0.2, 0.25) is 0 Å². The van der Waals surface area contributed by atoms with E-state index in [0.717, 1.165) is 11.1 Å². The van der Waals surface area contributed by atoms with E-state index in [9.17, 15) is 9.90 Å². The molecule has 0 amide bonds. The summed E-state index contributed by atoms with van der Waals surface area (Å²) in [5, 5.41) is 9.43. The zero-order valence-corrected chi connectivity index (χ0v) is 11.6. The molecule has 0 heterocycles. The van der Waals surface area contributed by atoms with Gasteiger partial charge in [-0.05, 0) is 23.1 Å². The van der Waals surface area contributed by atoms with Gasteiger partial charge >= 0.3 is 5.97 Å². The van der Waals surface area contributed by atoms with Crippen LogP contribution in [-0.4, -0.2) is 11.1 Å². The van der Waals surface area contributed by atoms with Gasteiger partial charge in [-0.15, -0.1) is 0 Å². The lowest BCUT2D eigenvalue weighted by molar-refractivity contribution is -0.133. The van der Waals surface area contributed by atoms with Crippen molar-refractivity contribution >= 4 is 11.5 Å². The van der Waals surface area contributed by atoms with Crippen LogP contribution in [0.15, 0.2) is 78.4 Å². The highest BCUT2D eigenvalue weighted by molar-refractivity contribution is 5.91. The first-order valence-electron chi connectivity index (χ1n) is 7.00.